The van der Waals surface area contributed by atoms with Crippen molar-refractivity contribution in [1.29, 1.82) is 0 Å². The smallest absolute Gasteiger partial charge is 0.267 e. The Morgan fingerprint density at radius 2 is 2.03 bits per heavy atom. The number of nitrogens with zero attached hydrogens (tertiary/aromatic N) is 2. The van der Waals surface area contributed by atoms with Gasteiger partial charge in [0.25, 0.3) is 5.56 Å². The number of nitrogens with one attached hydrogen (secondary N) is 1. The predicted molar refractivity (Wildman–Crippen MR) is 125 cm³/mol. The number of halogens is 2. The number of hydrogen-bond donors (Lipinski definition) is 1. The van der Waals surface area contributed by atoms with Gasteiger partial charge in [-0.3, -0.25) is 9.36 Å². The molecule has 4 aromatic rings. The lowest BCUT2D eigenvalue weighted by molar-refractivity contribution is 0.628. The van der Waals surface area contributed by atoms with Crippen molar-refractivity contribution in [2.75, 3.05) is 5.32 Å². The standard InChI is InChI=1S/C24H21ClFN3OS/c1-14-5-4-6-16(11-14)29-21(13-27-15-9-10-19(26)18(25)12-15)28-23-22(24(29)30)17-7-2-3-8-20(17)31-23/h4-6,9-12,27H,2-3,7-8,13H2,1H3. The summed E-state index contributed by atoms with van der Waals surface area (Å²) in [5.41, 5.74) is 3.69. The number of thiophene rings is 1. The molecule has 1 N–H and O–H groups in total. The van der Waals surface area contributed by atoms with E-state index in [0.29, 0.717) is 18.1 Å². The predicted octanol–water partition coefficient (Wildman–Crippen LogP) is 6.04. The summed E-state index contributed by atoms with van der Waals surface area (Å²) in [6, 6.07) is 12.4. The number of anilines is 1. The quantitative estimate of drug-likeness (QED) is 0.410. The molecule has 0 unspecified atom stereocenters. The SMILES string of the molecule is Cc1cccc(-n2c(CNc3ccc(F)c(Cl)c3)nc3sc4c(c3c2=O)CCCC4)c1. The van der Waals surface area contributed by atoms with Gasteiger partial charge < -0.3 is 5.32 Å². The van der Waals surface area contributed by atoms with E-state index < -0.39 is 5.82 Å². The van der Waals surface area contributed by atoms with E-state index in [1.807, 2.05) is 31.2 Å². The molecule has 1 aliphatic carbocycles. The molecule has 1 aliphatic rings. The molecule has 0 spiro atoms. The summed E-state index contributed by atoms with van der Waals surface area (Å²) in [6.45, 7) is 2.31. The van der Waals surface area contributed by atoms with Crippen LogP contribution in [-0.2, 0) is 19.4 Å². The lowest BCUT2D eigenvalue weighted by Gasteiger charge is -2.15. The molecule has 0 fully saturated rings. The Kier molecular flexibility index (Phi) is 5.28. The molecule has 7 heteroatoms. The Morgan fingerprint density at radius 1 is 1.19 bits per heavy atom. The third-order valence-electron chi connectivity index (χ3n) is 5.69. The van der Waals surface area contributed by atoms with Crippen LogP contribution in [0, 0.1) is 12.7 Å². The number of aromatic nitrogens is 2. The van der Waals surface area contributed by atoms with Crippen LogP contribution in [0.5, 0.6) is 0 Å². The Bertz CT molecular complexity index is 1360. The molecule has 2 aromatic heterocycles. The fraction of sp³-hybridized carbons (Fsp3) is 0.250. The first-order chi connectivity index (χ1) is 15.0. The van der Waals surface area contributed by atoms with Crippen LogP contribution in [0.15, 0.2) is 47.3 Å². The minimum absolute atomic E-state index is 0.0241. The fourth-order valence-electron chi connectivity index (χ4n) is 4.19. The van der Waals surface area contributed by atoms with Crippen LogP contribution in [-0.4, -0.2) is 9.55 Å². The minimum Gasteiger partial charge on any atom is -0.378 e. The first-order valence-electron chi connectivity index (χ1n) is 10.3. The van der Waals surface area contributed by atoms with E-state index in [0.717, 1.165) is 47.2 Å². The third-order valence-corrected chi connectivity index (χ3v) is 7.16. The summed E-state index contributed by atoms with van der Waals surface area (Å²) in [6.07, 6.45) is 4.22. The van der Waals surface area contributed by atoms with Gasteiger partial charge in [-0.05, 0) is 74.1 Å². The number of hydrogen-bond acceptors (Lipinski definition) is 4. The third kappa shape index (κ3) is 3.75. The molecule has 31 heavy (non-hydrogen) atoms. The van der Waals surface area contributed by atoms with Gasteiger partial charge in [0.1, 0.15) is 16.5 Å². The monoisotopic (exact) mass is 453 g/mol. The average Bonchev–Trinajstić information content (AvgIpc) is 3.13. The summed E-state index contributed by atoms with van der Waals surface area (Å²) >= 11 is 7.56. The van der Waals surface area contributed by atoms with E-state index in [9.17, 15) is 9.18 Å². The molecule has 2 aromatic carbocycles. The zero-order valence-corrected chi connectivity index (χ0v) is 18.6. The molecule has 0 atom stereocenters. The highest BCUT2D eigenvalue weighted by molar-refractivity contribution is 7.18. The lowest BCUT2D eigenvalue weighted by Crippen LogP contribution is -2.25. The number of benzene rings is 2. The van der Waals surface area contributed by atoms with E-state index in [2.05, 4.69) is 5.32 Å². The highest BCUT2D eigenvalue weighted by Gasteiger charge is 2.22. The first kappa shape index (κ1) is 20.2. The van der Waals surface area contributed by atoms with Crippen molar-refractivity contribution in [3.8, 4) is 5.69 Å². The summed E-state index contributed by atoms with van der Waals surface area (Å²) in [4.78, 5) is 20.7. The highest BCUT2D eigenvalue weighted by Crippen LogP contribution is 2.34. The van der Waals surface area contributed by atoms with Crippen molar-refractivity contribution in [2.24, 2.45) is 0 Å². The van der Waals surface area contributed by atoms with Crippen LogP contribution in [0.4, 0.5) is 10.1 Å². The maximum absolute atomic E-state index is 13.7. The van der Waals surface area contributed by atoms with Crippen molar-refractivity contribution >= 4 is 38.8 Å². The Hall–Kier alpha value is -2.70. The van der Waals surface area contributed by atoms with Gasteiger partial charge >= 0.3 is 0 Å². The van der Waals surface area contributed by atoms with Gasteiger partial charge in [-0.25, -0.2) is 9.37 Å². The molecular formula is C24H21ClFN3OS. The van der Waals surface area contributed by atoms with Crippen molar-refractivity contribution in [2.45, 2.75) is 39.2 Å². The molecule has 0 radical (unpaired) electrons. The second-order valence-electron chi connectivity index (χ2n) is 7.88. The largest absolute Gasteiger partial charge is 0.378 e. The molecule has 0 bridgehead atoms. The normalized spacial score (nSPS) is 13.4. The highest BCUT2D eigenvalue weighted by atomic mass is 35.5. The van der Waals surface area contributed by atoms with E-state index in [1.165, 1.54) is 22.6 Å². The molecule has 0 saturated carbocycles. The Labute approximate surface area is 188 Å². The Balaban J connectivity index is 1.65. The molecular weight excluding hydrogens is 433 g/mol. The number of aryl methyl sites for hydroxylation is 3. The molecule has 4 nitrogen and oxygen atoms in total. The van der Waals surface area contributed by atoms with Gasteiger partial charge in [0, 0.05) is 10.6 Å². The van der Waals surface area contributed by atoms with E-state index in [1.54, 1.807) is 22.0 Å². The van der Waals surface area contributed by atoms with Gasteiger partial charge in [-0.1, -0.05) is 23.7 Å². The first-order valence-corrected chi connectivity index (χ1v) is 11.5. The summed E-state index contributed by atoms with van der Waals surface area (Å²) in [5.74, 6) is 0.148. The fourth-order valence-corrected chi connectivity index (χ4v) is 5.64. The van der Waals surface area contributed by atoms with Crippen molar-refractivity contribution in [1.82, 2.24) is 9.55 Å². The molecule has 0 amide bonds. The van der Waals surface area contributed by atoms with Crippen LogP contribution in [0.2, 0.25) is 5.02 Å². The second-order valence-corrected chi connectivity index (χ2v) is 9.37. The molecule has 158 valence electrons. The van der Waals surface area contributed by atoms with Crippen molar-refractivity contribution in [3.63, 3.8) is 0 Å². The molecule has 0 saturated heterocycles. The topological polar surface area (TPSA) is 46.9 Å². The lowest BCUT2D eigenvalue weighted by atomic mass is 9.97. The maximum atomic E-state index is 13.7. The van der Waals surface area contributed by atoms with E-state index in [-0.39, 0.29) is 10.6 Å². The van der Waals surface area contributed by atoms with Crippen LogP contribution in [0.3, 0.4) is 0 Å². The minimum atomic E-state index is -0.465. The zero-order valence-electron chi connectivity index (χ0n) is 17.0. The second kappa shape index (κ2) is 8.09. The van der Waals surface area contributed by atoms with Gasteiger partial charge in [0.2, 0.25) is 0 Å². The molecule has 2 heterocycles. The van der Waals surface area contributed by atoms with Gasteiger partial charge in [0.05, 0.1) is 22.6 Å². The number of rotatable bonds is 4. The summed E-state index contributed by atoms with van der Waals surface area (Å²) < 4.78 is 15.2. The number of fused-ring (bicyclic) bond motifs is 3. The van der Waals surface area contributed by atoms with Crippen LogP contribution in [0.1, 0.15) is 34.7 Å². The summed E-state index contributed by atoms with van der Waals surface area (Å²) in [7, 11) is 0. The van der Waals surface area contributed by atoms with E-state index in [4.69, 9.17) is 16.6 Å². The molecule has 5 rings (SSSR count). The van der Waals surface area contributed by atoms with Crippen LogP contribution in [0.25, 0.3) is 15.9 Å². The van der Waals surface area contributed by atoms with Crippen molar-refractivity contribution < 1.29 is 4.39 Å². The van der Waals surface area contributed by atoms with Crippen molar-refractivity contribution in [3.05, 3.63) is 85.5 Å². The molecule has 0 aliphatic heterocycles. The van der Waals surface area contributed by atoms with Gasteiger partial charge in [-0.15, -0.1) is 11.3 Å². The maximum Gasteiger partial charge on any atom is 0.267 e. The van der Waals surface area contributed by atoms with Crippen LogP contribution < -0.4 is 10.9 Å². The van der Waals surface area contributed by atoms with Gasteiger partial charge in [-0.2, -0.15) is 0 Å². The zero-order chi connectivity index (χ0) is 21.5. The Morgan fingerprint density at radius 3 is 2.84 bits per heavy atom. The summed E-state index contributed by atoms with van der Waals surface area (Å²) in [5, 5.41) is 4.05. The van der Waals surface area contributed by atoms with Gasteiger partial charge in [0.15, 0.2) is 0 Å². The van der Waals surface area contributed by atoms with E-state index >= 15 is 0 Å². The average molecular weight is 454 g/mol. The van der Waals surface area contributed by atoms with Crippen LogP contribution >= 0.6 is 22.9 Å².